The minimum absolute atomic E-state index is 0.111. The number of nitrogens with zero attached hydrogens (tertiary/aromatic N) is 1. The maximum Gasteiger partial charge on any atom is 0.251 e. The van der Waals surface area contributed by atoms with Gasteiger partial charge in [0.25, 0.3) is 5.91 Å². The molecule has 7 heteroatoms. The van der Waals surface area contributed by atoms with Crippen LogP contribution in [0.15, 0.2) is 18.2 Å². The van der Waals surface area contributed by atoms with Crippen LogP contribution in [0.1, 0.15) is 35.7 Å². The van der Waals surface area contributed by atoms with Gasteiger partial charge < -0.3 is 15.5 Å². The average molecular weight is 333 g/mol. The Morgan fingerprint density at radius 1 is 1.42 bits per heavy atom. The van der Waals surface area contributed by atoms with E-state index < -0.39 is 23.8 Å². The molecular formula is C17H20FN3O3. The molecule has 0 unspecified atom stereocenters. The molecule has 6 nitrogen and oxygen atoms in total. The highest BCUT2D eigenvalue weighted by molar-refractivity contribution is 5.98. The van der Waals surface area contributed by atoms with Gasteiger partial charge in [0.05, 0.1) is 0 Å². The van der Waals surface area contributed by atoms with Crippen LogP contribution in [0, 0.1) is 12.7 Å². The van der Waals surface area contributed by atoms with E-state index in [1.54, 1.807) is 19.1 Å². The van der Waals surface area contributed by atoms with Crippen LogP contribution in [0.5, 0.6) is 0 Å². The Bertz CT molecular complexity index is 706. The lowest BCUT2D eigenvalue weighted by Crippen LogP contribution is -2.60. The number of aryl methyl sites for hydroxylation is 1. The monoisotopic (exact) mass is 333 g/mol. The van der Waals surface area contributed by atoms with Crippen molar-refractivity contribution in [2.45, 2.75) is 44.8 Å². The van der Waals surface area contributed by atoms with E-state index in [0.29, 0.717) is 24.9 Å². The van der Waals surface area contributed by atoms with Crippen LogP contribution in [0.2, 0.25) is 0 Å². The topological polar surface area (TPSA) is 78.5 Å². The van der Waals surface area contributed by atoms with Crippen molar-refractivity contribution in [1.29, 1.82) is 0 Å². The molecule has 3 rings (SSSR count). The van der Waals surface area contributed by atoms with Gasteiger partial charge in [-0.2, -0.15) is 0 Å². The predicted molar refractivity (Wildman–Crippen MR) is 84.7 cm³/mol. The summed E-state index contributed by atoms with van der Waals surface area (Å²) < 4.78 is 13.6. The summed E-state index contributed by atoms with van der Waals surface area (Å²) in [4.78, 5) is 38.2. The van der Waals surface area contributed by atoms with Crippen LogP contribution in [0.3, 0.4) is 0 Å². The molecule has 0 radical (unpaired) electrons. The normalized spacial score (nSPS) is 26.1. The van der Waals surface area contributed by atoms with E-state index in [1.165, 1.54) is 11.0 Å². The van der Waals surface area contributed by atoms with Gasteiger partial charge in [-0.3, -0.25) is 14.4 Å². The fraction of sp³-hybridized carbons (Fsp3) is 0.471. The van der Waals surface area contributed by atoms with Crippen molar-refractivity contribution in [3.63, 3.8) is 0 Å². The van der Waals surface area contributed by atoms with Crippen molar-refractivity contribution >= 4 is 17.7 Å². The average Bonchev–Trinajstić information content (AvgIpc) is 2.98. The molecule has 2 saturated heterocycles. The zero-order chi connectivity index (χ0) is 17.4. The molecule has 1 aromatic carbocycles. The SMILES string of the molecule is CC[C@@H]1NC(=O)[C@@H]2C[C@H](NC(=O)c3ccc(C)c(F)c3)CN2C1=O. The summed E-state index contributed by atoms with van der Waals surface area (Å²) in [6.45, 7) is 3.76. The molecule has 2 aliphatic rings. The Labute approximate surface area is 139 Å². The molecular weight excluding hydrogens is 313 g/mol. The fourth-order valence-electron chi connectivity index (χ4n) is 3.24. The quantitative estimate of drug-likeness (QED) is 0.856. The molecule has 2 aliphatic heterocycles. The second-order valence-corrected chi connectivity index (χ2v) is 6.35. The molecule has 1 aromatic rings. The summed E-state index contributed by atoms with van der Waals surface area (Å²) in [6, 6.07) is 2.94. The standard InChI is InChI=1S/C17H20FN3O3/c1-3-13-17(24)21-8-11(7-14(21)16(23)20-13)19-15(22)10-5-4-9(2)12(18)6-10/h4-6,11,13-14H,3,7-8H2,1-2H3,(H,19,22)(H,20,23)/t11-,13-,14-/m0/s1. The summed E-state index contributed by atoms with van der Waals surface area (Å²) in [5.74, 6) is -1.13. The van der Waals surface area contributed by atoms with Gasteiger partial charge in [0.2, 0.25) is 11.8 Å². The van der Waals surface area contributed by atoms with Gasteiger partial charge in [0.15, 0.2) is 0 Å². The first-order valence-electron chi connectivity index (χ1n) is 8.08. The highest BCUT2D eigenvalue weighted by Crippen LogP contribution is 2.24. The maximum atomic E-state index is 13.6. The van der Waals surface area contributed by atoms with Crippen LogP contribution >= 0.6 is 0 Å². The summed E-state index contributed by atoms with van der Waals surface area (Å²) in [6.07, 6.45) is 0.904. The molecule has 0 bridgehead atoms. The molecule has 128 valence electrons. The number of carbonyl (C=O) groups excluding carboxylic acids is 3. The molecule has 2 fully saturated rings. The number of rotatable bonds is 3. The molecule has 0 spiro atoms. The molecule has 2 N–H and O–H groups in total. The number of fused-ring (bicyclic) bond motifs is 1. The second kappa shape index (κ2) is 6.22. The second-order valence-electron chi connectivity index (χ2n) is 6.35. The molecule has 3 atom stereocenters. The van der Waals surface area contributed by atoms with Gasteiger partial charge in [-0.25, -0.2) is 4.39 Å². The molecule has 0 aromatic heterocycles. The van der Waals surface area contributed by atoms with E-state index in [1.807, 2.05) is 6.92 Å². The lowest BCUT2D eigenvalue weighted by molar-refractivity contribution is -0.147. The van der Waals surface area contributed by atoms with Gasteiger partial charge in [-0.1, -0.05) is 13.0 Å². The number of piperazine rings is 1. The Morgan fingerprint density at radius 3 is 2.83 bits per heavy atom. The first-order chi connectivity index (χ1) is 11.4. The third-order valence-corrected chi connectivity index (χ3v) is 4.68. The van der Waals surface area contributed by atoms with E-state index >= 15 is 0 Å². The first-order valence-corrected chi connectivity index (χ1v) is 8.08. The molecule has 3 amide bonds. The van der Waals surface area contributed by atoms with Gasteiger partial charge in [-0.05, 0) is 37.5 Å². The van der Waals surface area contributed by atoms with E-state index in [9.17, 15) is 18.8 Å². The van der Waals surface area contributed by atoms with Crippen molar-refractivity contribution < 1.29 is 18.8 Å². The number of halogens is 1. The predicted octanol–water partition coefficient (Wildman–Crippen LogP) is 0.742. The fourth-order valence-corrected chi connectivity index (χ4v) is 3.24. The van der Waals surface area contributed by atoms with E-state index in [4.69, 9.17) is 0 Å². The first kappa shape index (κ1) is 16.4. The van der Waals surface area contributed by atoms with Crippen LogP contribution in [0.4, 0.5) is 4.39 Å². The molecule has 2 heterocycles. The third kappa shape index (κ3) is 2.86. The van der Waals surface area contributed by atoms with Crippen LogP contribution < -0.4 is 10.6 Å². The Morgan fingerprint density at radius 2 is 2.17 bits per heavy atom. The zero-order valence-corrected chi connectivity index (χ0v) is 13.6. The number of amides is 3. The molecule has 0 saturated carbocycles. The minimum Gasteiger partial charge on any atom is -0.347 e. The van der Waals surface area contributed by atoms with Gasteiger partial charge in [0, 0.05) is 18.2 Å². The zero-order valence-electron chi connectivity index (χ0n) is 13.6. The smallest absolute Gasteiger partial charge is 0.251 e. The van der Waals surface area contributed by atoms with Crippen molar-refractivity contribution in [1.82, 2.24) is 15.5 Å². The Kier molecular flexibility index (Phi) is 4.26. The van der Waals surface area contributed by atoms with Crippen LogP contribution in [0.25, 0.3) is 0 Å². The number of hydrogen-bond acceptors (Lipinski definition) is 3. The molecule has 24 heavy (non-hydrogen) atoms. The van der Waals surface area contributed by atoms with Crippen LogP contribution in [-0.2, 0) is 9.59 Å². The number of carbonyl (C=O) groups is 3. The third-order valence-electron chi connectivity index (χ3n) is 4.68. The maximum absolute atomic E-state index is 13.6. The Hall–Kier alpha value is -2.44. The highest BCUT2D eigenvalue weighted by atomic mass is 19.1. The van der Waals surface area contributed by atoms with Gasteiger partial charge in [0.1, 0.15) is 17.9 Å². The van der Waals surface area contributed by atoms with E-state index in [2.05, 4.69) is 10.6 Å². The lowest BCUT2D eigenvalue weighted by Gasteiger charge is -2.33. The van der Waals surface area contributed by atoms with E-state index in [0.717, 1.165) is 0 Å². The number of hydrogen-bond donors (Lipinski definition) is 2. The van der Waals surface area contributed by atoms with E-state index in [-0.39, 0.29) is 23.4 Å². The summed E-state index contributed by atoms with van der Waals surface area (Å²) >= 11 is 0. The van der Waals surface area contributed by atoms with Crippen molar-refractivity contribution in [3.8, 4) is 0 Å². The van der Waals surface area contributed by atoms with Crippen molar-refractivity contribution in [3.05, 3.63) is 35.1 Å². The summed E-state index contributed by atoms with van der Waals surface area (Å²) in [5.41, 5.74) is 0.697. The molecule has 0 aliphatic carbocycles. The summed E-state index contributed by atoms with van der Waals surface area (Å²) in [7, 11) is 0. The van der Waals surface area contributed by atoms with Gasteiger partial charge >= 0.3 is 0 Å². The largest absolute Gasteiger partial charge is 0.347 e. The minimum atomic E-state index is -0.541. The highest BCUT2D eigenvalue weighted by Gasteiger charge is 2.46. The lowest BCUT2D eigenvalue weighted by atomic mass is 10.1. The van der Waals surface area contributed by atoms with Crippen molar-refractivity contribution in [2.75, 3.05) is 6.54 Å². The number of nitrogens with one attached hydrogen (secondary N) is 2. The Balaban J connectivity index is 1.69. The van der Waals surface area contributed by atoms with Gasteiger partial charge in [-0.15, -0.1) is 0 Å². The summed E-state index contributed by atoms with van der Waals surface area (Å²) in [5, 5.41) is 5.51. The van der Waals surface area contributed by atoms with Crippen LogP contribution in [-0.4, -0.2) is 47.3 Å². The van der Waals surface area contributed by atoms with Crippen molar-refractivity contribution in [2.24, 2.45) is 0 Å². The number of benzene rings is 1.